The molecule has 0 atom stereocenters. The molecule has 0 spiro atoms. The van der Waals surface area contributed by atoms with Crippen LogP contribution in [0.1, 0.15) is 12.5 Å². The molecule has 1 saturated heterocycles. The van der Waals surface area contributed by atoms with Crippen LogP contribution < -0.4 is 14.4 Å². The largest absolute Gasteiger partial charge is 0.493 e. The number of hydrogen-bond donors (Lipinski definition) is 0. The molecule has 2 aromatic rings. The number of carbonyl (C=O) groups excluding carboxylic acids is 2. The van der Waals surface area contributed by atoms with Gasteiger partial charge in [0.05, 0.1) is 28.8 Å². The van der Waals surface area contributed by atoms with E-state index < -0.39 is 5.97 Å². The van der Waals surface area contributed by atoms with Gasteiger partial charge in [0.2, 0.25) is 0 Å². The normalized spacial score (nSPS) is 14.8. The number of hydrogen-bond acceptors (Lipinski definition) is 7. The highest BCUT2D eigenvalue weighted by molar-refractivity contribution is 9.10. The Labute approximate surface area is 202 Å². The van der Waals surface area contributed by atoms with Crippen LogP contribution in [-0.2, 0) is 14.3 Å². The third-order valence-corrected chi connectivity index (χ3v) is 6.18. The fourth-order valence-corrected chi connectivity index (χ4v) is 4.81. The number of ether oxygens (including phenoxy) is 3. The monoisotopic (exact) mass is 541 g/mol. The highest BCUT2D eigenvalue weighted by atomic mass is 79.9. The smallest absolute Gasteiger partial charge is 0.344 e. The van der Waals surface area contributed by atoms with Crippen molar-refractivity contribution in [1.82, 2.24) is 0 Å². The van der Waals surface area contributed by atoms with Crippen LogP contribution in [0.15, 0.2) is 45.8 Å². The second-order valence-corrected chi connectivity index (χ2v) is 9.09. The molecule has 3 rings (SSSR count). The molecule has 162 valence electrons. The number of benzene rings is 2. The summed E-state index contributed by atoms with van der Waals surface area (Å²) < 4.78 is 16.8. The molecule has 0 saturated carbocycles. The number of amides is 1. The highest BCUT2D eigenvalue weighted by Crippen LogP contribution is 2.40. The number of thioether (sulfide) groups is 1. The first-order valence-electron chi connectivity index (χ1n) is 9.03. The number of methoxy groups -OCH3 is 1. The summed E-state index contributed by atoms with van der Waals surface area (Å²) in [5.41, 5.74) is 1.30. The summed E-state index contributed by atoms with van der Waals surface area (Å²) in [4.78, 5) is 26.4. The summed E-state index contributed by atoms with van der Waals surface area (Å²) in [7, 11) is 1.49. The lowest BCUT2D eigenvalue weighted by Crippen LogP contribution is -2.27. The Hall–Kier alpha value is -2.07. The first kappa shape index (κ1) is 23.6. The number of anilines is 1. The number of esters is 1. The molecule has 1 fully saturated rings. The molecule has 2 aromatic carbocycles. The Morgan fingerprint density at radius 1 is 1.32 bits per heavy atom. The van der Waals surface area contributed by atoms with Crippen molar-refractivity contribution < 1.29 is 23.8 Å². The third kappa shape index (κ3) is 5.60. The van der Waals surface area contributed by atoms with E-state index in [4.69, 9.17) is 38.0 Å². The highest BCUT2D eigenvalue weighted by Gasteiger charge is 2.33. The molecule has 10 heteroatoms. The van der Waals surface area contributed by atoms with Gasteiger partial charge in [-0.05, 0) is 64.8 Å². The average Bonchev–Trinajstić information content (AvgIpc) is 3.00. The van der Waals surface area contributed by atoms with Crippen molar-refractivity contribution >= 4 is 79.5 Å². The van der Waals surface area contributed by atoms with Gasteiger partial charge in [-0.25, -0.2) is 4.79 Å². The Morgan fingerprint density at radius 2 is 2.10 bits per heavy atom. The minimum Gasteiger partial charge on any atom is -0.493 e. The summed E-state index contributed by atoms with van der Waals surface area (Å²) in [6, 6.07) is 10.4. The van der Waals surface area contributed by atoms with Crippen molar-refractivity contribution in [3.05, 3.63) is 56.4 Å². The van der Waals surface area contributed by atoms with Gasteiger partial charge in [-0.3, -0.25) is 9.69 Å². The first-order chi connectivity index (χ1) is 14.8. The maximum Gasteiger partial charge on any atom is 0.344 e. The van der Waals surface area contributed by atoms with Crippen molar-refractivity contribution in [1.29, 1.82) is 0 Å². The van der Waals surface area contributed by atoms with E-state index in [0.29, 0.717) is 41.5 Å². The molecule has 1 heterocycles. The van der Waals surface area contributed by atoms with E-state index in [1.54, 1.807) is 49.4 Å². The van der Waals surface area contributed by atoms with Gasteiger partial charge >= 0.3 is 5.97 Å². The number of carbonyl (C=O) groups is 2. The van der Waals surface area contributed by atoms with E-state index in [1.165, 1.54) is 23.8 Å². The van der Waals surface area contributed by atoms with Crippen LogP contribution in [0, 0.1) is 0 Å². The van der Waals surface area contributed by atoms with E-state index in [0.717, 1.165) is 0 Å². The van der Waals surface area contributed by atoms with Gasteiger partial charge in [-0.1, -0.05) is 41.6 Å². The molecular formula is C21H17BrClNO5S2. The van der Waals surface area contributed by atoms with Crippen LogP contribution in [-0.4, -0.2) is 36.5 Å². The quantitative estimate of drug-likeness (QED) is 0.262. The molecule has 1 amide bonds. The van der Waals surface area contributed by atoms with Crippen molar-refractivity contribution in [3.8, 4) is 11.5 Å². The standard InChI is InChI=1S/C21H17BrClNO5S2/c1-3-28-18(25)11-29-19-15(22)7-12(8-16(19)27-2)9-17-20(26)24(21(30)31-17)14-6-4-5-13(23)10-14/h4-10H,3,11H2,1-2H3/b17-9+. The van der Waals surface area contributed by atoms with Crippen LogP contribution in [0.3, 0.4) is 0 Å². The zero-order valence-electron chi connectivity index (χ0n) is 16.5. The fraction of sp³-hybridized carbons (Fsp3) is 0.190. The minimum atomic E-state index is -0.481. The zero-order valence-corrected chi connectivity index (χ0v) is 20.5. The maximum absolute atomic E-state index is 13.0. The summed E-state index contributed by atoms with van der Waals surface area (Å²) in [5, 5.41) is 0.516. The van der Waals surface area contributed by atoms with Gasteiger partial charge in [0, 0.05) is 5.02 Å². The zero-order chi connectivity index (χ0) is 22.5. The Kier molecular flexibility index (Phi) is 7.99. The van der Waals surface area contributed by atoms with Crippen molar-refractivity contribution in [2.24, 2.45) is 0 Å². The van der Waals surface area contributed by atoms with Gasteiger partial charge in [0.15, 0.2) is 22.4 Å². The Balaban J connectivity index is 1.86. The topological polar surface area (TPSA) is 65.1 Å². The van der Waals surface area contributed by atoms with E-state index in [-0.39, 0.29) is 19.1 Å². The van der Waals surface area contributed by atoms with Crippen molar-refractivity contribution in [3.63, 3.8) is 0 Å². The molecular weight excluding hydrogens is 526 g/mol. The predicted molar refractivity (Wildman–Crippen MR) is 130 cm³/mol. The van der Waals surface area contributed by atoms with Crippen molar-refractivity contribution in [2.45, 2.75) is 6.92 Å². The second-order valence-electron chi connectivity index (χ2n) is 6.12. The van der Waals surface area contributed by atoms with Crippen LogP contribution >= 0.6 is 51.5 Å². The number of halogens is 2. The molecule has 0 unspecified atom stereocenters. The van der Waals surface area contributed by atoms with E-state index in [2.05, 4.69) is 15.9 Å². The number of nitrogens with zero attached hydrogens (tertiary/aromatic N) is 1. The summed E-state index contributed by atoms with van der Waals surface area (Å²) in [6.45, 7) is 1.74. The Bertz CT molecular complexity index is 1080. The lowest BCUT2D eigenvalue weighted by atomic mass is 10.1. The molecule has 0 bridgehead atoms. The van der Waals surface area contributed by atoms with Crippen LogP contribution in [0.4, 0.5) is 5.69 Å². The van der Waals surface area contributed by atoms with E-state index >= 15 is 0 Å². The fourth-order valence-electron chi connectivity index (χ4n) is 2.75. The Morgan fingerprint density at radius 3 is 2.77 bits per heavy atom. The summed E-state index contributed by atoms with van der Waals surface area (Å²) in [5.74, 6) is 0.0367. The predicted octanol–water partition coefficient (Wildman–Crippen LogP) is 5.46. The molecule has 0 aliphatic carbocycles. The molecule has 31 heavy (non-hydrogen) atoms. The molecule has 1 aliphatic rings. The number of rotatable bonds is 7. The lowest BCUT2D eigenvalue weighted by molar-refractivity contribution is -0.145. The molecule has 6 nitrogen and oxygen atoms in total. The summed E-state index contributed by atoms with van der Waals surface area (Å²) in [6.07, 6.45) is 1.71. The molecule has 0 radical (unpaired) electrons. The minimum absolute atomic E-state index is 0.241. The molecule has 1 aliphatic heterocycles. The van der Waals surface area contributed by atoms with Crippen molar-refractivity contribution in [2.75, 3.05) is 25.2 Å². The van der Waals surface area contributed by atoms with Gasteiger partial charge in [-0.2, -0.15) is 0 Å². The lowest BCUT2D eigenvalue weighted by Gasteiger charge is -2.14. The molecule has 0 N–H and O–H groups in total. The van der Waals surface area contributed by atoms with E-state index in [1.807, 2.05) is 0 Å². The number of thiocarbonyl (C=S) groups is 1. The summed E-state index contributed by atoms with van der Waals surface area (Å²) >= 11 is 16.1. The second kappa shape index (κ2) is 10.5. The first-order valence-corrected chi connectivity index (χ1v) is 11.4. The average molecular weight is 543 g/mol. The third-order valence-electron chi connectivity index (χ3n) is 4.05. The van der Waals surface area contributed by atoms with Gasteiger partial charge in [-0.15, -0.1) is 0 Å². The van der Waals surface area contributed by atoms with Gasteiger partial charge in [0.25, 0.3) is 5.91 Å². The maximum atomic E-state index is 13.0. The van der Waals surface area contributed by atoms with Crippen LogP contribution in [0.2, 0.25) is 5.02 Å². The van der Waals surface area contributed by atoms with E-state index in [9.17, 15) is 9.59 Å². The van der Waals surface area contributed by atoms with Crippen LogP contribution in [0.5, 0.6) is 11.5 Å². The van der Waals surface area contributed by atoms with Gasteiger partial charge in [0.1, 0.15) is 0 Å². The molecule has 0 aromatic heterocycles. The van der Waals surface area contributed by atoms with Crippen LogP contribution in [0.25, 0.3) is 6.08 Å². The van der Waals surface area contributed by atoms with Gasteiger partial charge < -0.3 is 14.2 Å². The SMILES string of the molecule is CCOC(=O)COc1c(Br)cc(/C=C2/SC(=S)N(c3cccc(Cl)c3)C2=O)cc1OC.